The molecule has 1 fully saturated rings. The Labute approximate surface area is 154 Å². The van der Waals surface area contributed by atoms with Gasteiger partial charge in [0.2, 0.25) is 5.91 Å². The number of nitrogens with zero attached hydrogens (tertiary/aromatic N) is 2. The van der Waals surface area contributed by atoms with E-state index in [1.165, 1.54) is 17.9 Å². The van der Waals surface area contributed by atoms with Gasteiger partial charge in [-0.15, -0.1) is 0 Å². The third kappa shape index (κ3) is 3.45. The lowest BCUT2D eigenvalue weighted by Gasteiger charge is -2.28. The zero-order valence-corrected chi connectivity index (χ0v) is 14.8. The number of carbonyl (C=O) groups excluding carboxylic acids is 1. The summed E-state index contributed by atoms with van der Waals surface area (Å²) in [4.78, 5) is 36.7. The Hall–Kier alpha value is -3.07. The largest absolute Gasteiger partial charge is 0.497 e. The predicted molar refractivity (Wildman–Crippen MR) is 95.4 cm³/mol. The number of primary amides is 1. The summed E-state index contributed by atoms with van der Waals surface area (Å²) in [5.41, 5.74) is 6.44. The highest BCUT2D eigenvalue weighted by atomic mass is 16.5. The highest BCUT2D eigenvalue weighted by Gasteiger charge is 2.40. The molecule has 3 rings (SSSR count). The Balaban J connectivity index is 2.18. The number of carboxylic acid groups (broad SMARTS) is 2. The number of methoxy groups -OCH3 is 1. The molecule has 0 radical (unpaired) electrons. The van der Waals surface area contributed by atoms with Crippen LogP contribution < -0.4 is 10.5 Å². The van der Waals surface area contributed by atoms with Crippen LogP contribution >= 0.6 is 0 Å². The van der Waals surface area contributed by atoms with Crippen molar-refractivity contribution in [2.24, 2.45) is 5.73 Å². The lowest BCUT2D eigenvalue weighted by molar-refractivity contribution is -0.144. The van der Waals surface area contributed by atoms with Crippen LogP contribution in [-0.4, -0.2) is 57.2 Å². The first-order valence-corrected chi connectivity index (χ1v) is 8.50. The first-order valence-electron chi connectivity index (χ1n) is 8.50. The van der Waals surface area contributed by atoms with Crippen molar-refractivity contribution in [3.05, 3.63) is 30.0 Å². The van der Waals surface area contributed by atoms with E-state index in [-0.39, 0.29) is 6.54 Å². The van der Waals surface area contributed by atoms with Crippen molar-refractivity contribution in [2.75, 3.05) is 13.7 Å². The van der Waals surface area contributed by atoms with Gasteiger partial charge in [0.25, 0.3) is 0 Å². The van der Waals surface area contributed by atoms with Gasteiger partial charge in [-0.05, 0) is 31.0 Å². The van der Waals surface area contributed by atoms with Gasteiger partial charge in [0, 0.05) is 29.2 Å². The summed E-state index contributed by atoms with van der Waals surface area (Å²) in [6.45, 7) is 0.106. The summed E-state index contributed by atoms with van der Waals surface area (Å²) in [5.74, 6) is -2.21. The predicted octanol–water partition coefficient (Wildman–Crippen LogP) is 0.810. The molecule has 1 aromatic carbocycles. The molecule has 1 aromatic heterocycles. The van der Waals surface area contributed by atoms with Gasteiger partial charge in [-0.3, -0.25) is 19.3 Å². The molecule has 1 unspecified atom stereocenters. The van der Waals surface area contributed by atoms with Crippen molar-refractivity contribution in [3.63, 3.8) is 0 Å². The number of carbonyl (C=O) groups is 3. The number of carboxylic acids is 2. The Morgan fingerprint density at radius 1 is 1.33 bits per heavy atom. The minimum atomic E-state index is -1.12. The van der Waals surface area contributed by atoms with E-state index in [1.54, 1.807) is 23.1 Å². The first-order chi connectivity index (χ1) is 12.8. The monoisotopic (exact) mass is 375 g/mol. The van der Waals surface area contributed by atoms with Crippen molar-refractivity contribution in [1.29, 1.82) is 0 Å². The van der Waals surface area contributed by atoms with Gasteiger partial charge in [-0.2, -0.15) is 0 Å². The van der Waals surface area contributed by atoms with E-state index in [1.807, 2.05) is 0 Å². The number of nitrogens with two attached hydrogens (primary N) is 1. The van der Waals surface area contributed by atoms with Crippen molar-refractivity contribution >= 4 is 28.7 Å². The fraction of sp³-hybridized carbons (Fsp3) is 0.389. The average molecular weight is 375 g/mol. The maximum atomic E-state index is 12.1. The molecule has 1 aliphatic heterocycles. The molecule has 0 bridgehead atoms. The molecule has 0 aliphatic carbocycles. The van der Waals surface area contributed by atoms with Gasteiger partial charge in [0.1, 0.15) is 18.3 Å². The van der Waals surface area contributed by atoms with Crippen LogP contribution in [0.4, 0.5) is 0 Å². The molecule has 2 aromatic rings. The molecule has 144 valence electrons. The number of hydrogen-bond acceptors (Lipinski definition) is 5. The average Bonchev–Trinajstić information content (AvgIpc) is 3.20. The quantitative estimate of drug-likeness (QED) is 0.651. The second-order valence-corrected chi connectivity index (χ2v) is 6.53. The van der Waals surface area contributed by atoms with E-state index >= 15 is 0 Å². The summed E-state index contributed by atoms with van der Waals surface area (Å²) in [7, 11) is 1.49. The lowest BCUT2D eigenvalue weighted by atomic mass is 10.0. The summed E-state index contributed by atoms with van der Waals surface area (Å²) >= 11 is 0. The fourth-order valence-electron chi connectivity index (χ4n) is 3.78. The van der Waals surface area contributed by atoms with E-state index < -0.39 is 29.9 Å². The van der Waals surface area contributed by atoms with E-state index in [9.17, 15) is 24.6 Å². The minimum Gasteiger partial charge on any atom is -0.497 e. The third-order valence-electron chi connectivity index (χ3n) is 4.91. The third-order valence-corrected chi connectivity index (χ3v) is 4.91. The number of fused-ring (bicyclic) bond motifs is 1. The van der Waals surface area contributed by atoms with Crippen molar-refractivity contribution in [1.82, 2.24) is 9.47 Å². The number of likely N-dealkylation sites (tertiary alicyclic amines) is 1. The molecule has 2 atom stereocenters. The zero-order chi connectivity index (χ0) is 19.7. The molecular weight excluding hydrogens is 354 g/mol. The van der Waals surface area contributed by atoms with E-state index in [4.69, 9.17) is 10.5 Å². The Bertz CT molecular complexity index is 906. The van der Waals surface area contributed by atoms with Crippen LogP contribution in [-0.2, 0) is 20.9 Å². The van der Waals surface area contributed by atoms with Gasteiger partial charge in [0.15, 0.2) is 0 Å². The van der Waals surface area contributed by atoms with Gasteiger partial charge in [-0.1, -0.05) is 0 Å². The molecule has 27 heavy (non-hydrogen) atoms. The number of rotatable bonds is 7. The zero-order valence-electron chi connectivity index (χ0n) is 14.8. The fourth-order valence-corrected chi connectivity index (χ4v) is 3.78. The number of aromatic nitrogens is 1. The molecule has 9 heteroatoms. The molecule has 2 heterocycles. The Morgan fingerprint density at radius 2 is 2.07 bits per heavy atom. The molecule has 9 nitrogen and oxygen atoms in total. The SMILES string of the molecule is COc1ccc2c(c1)c(C(C(=O)O)N1CCC[C@@H]1C(N)=O)cn2CC(=O)O. The van der Waals surface area contributed by atoms with Crippen molar-refractivity contribution in [2.45, 2.75) is 31.5 Å². The number of aliphatic carboxylic acids is 2. The van der Waals surface area contributed by atoms with Crippen LogP contribution in [0.1, 0.15) is 24.4 Å². The molecular formula is C18H21N3O6. The van der Waals surface area contributed by atoms with Gasteiger partial charge in [-0.25, -0.2) is 0 Å². The van der Waals surface area contributed by atoms with Crippen LogP contribution in [0.15, 0.2) is 24.4 Å². The molecule has 1 saturated heterocycles. The van der Waals surface area contributed by atoms with Crippen LogP contribution in [0.2, 0.25) is 0 Å². The Morgan fingerprint density at radius 3 is 2.67 bits per heavy atom. The van der Waals surface area contributed by atoms with E-state index in [0.717, 1.165) is 0 Å². The van der Waals surface area contributed by atoms with Crippen molar-refractivity contribution in [3.8, 4) is 5.75 Å². The molecule has 1 aliphatic rings. The number of benzene rings is 1. The summed E-state index contributed by atoms with van der Waals surface area (Å²) in [5, 5.41) is 19.7. The summed E-state index contributed by atoms with van der Waals surface area (Å²) in [6, 6.07) is 3.26. The van der Waals surface area contributed by atoms with Gasteiger partial charge >= 0.3 is 11.9 Å². The second kappa shape index (κ2) is 7.28. The number of amides is 1. The van der Waals surface area contributed by atoms with Gasteiger partial charge < -0.3 is 25.3 Å². The molecule has 0 saturated carbocycles. The molecule has 0 spiro atoms. The molecule has 4 N–H and O–H groups in total. The Kier molecular flexibility index (Phi) is 5.04. The summed E-state index contributed by atoms with van der Waals surface area (Å²) < 4.78 is 6.72. The molecule has 1 amide bonds. The standard InChI is InChI=1S/C18H21N3O6/c1-27-10-4-5-13-11(7-10)12(8-20(13)9-15(22)23)16(18(25)26)21-6-2-3-14(21)17(19)24/h4-5,7-8,14,16H,2-3,6,9H2,1H3,(H2,19,24)(H,22,23)(H,25,26)/t14-,16?/m1/s1. The van der Waals surface area contributed by atoms with Crippen LogP contribution in [0.25, 0.3) is 10.9 Å². The lowest BCUT2D eigenvalue weighted by Crippen LogP contribution is -2.44. The highest BCUT2D eigenvalue weighted by molar-refractivity contribution is 5.92. The maximum absolute atomic E-state index is 12.1. The number of hydrogen-bond donors (Lipinski definition) is 3. The smallest absolute Gasteiger partial charge is 0.325 e. The maximum Gasteiger partial charge on any atom is 0.325 e. The highest BCUT2D eigenvalue weighted by Crippen LogP contribution is 2.36. The van der Waals surface area contributed by atoms with Gasteiger partial charge in [0.05, 0.1) is 13.2 Å². The number of ether oxygens (including phenoxy) is 1. The van der Waals surface area contributed by atoms with Crippen LogP contribution in [0.3, 0.4) is 0 Å². The van der Waals surface area contributed by atoms with E-state index in [0.29, 0.717) is 41.6 Å². The van der Waals surface area contributed by atoms with Crippen molar-refractivity contribution < 1.29 is 29.3 Å². The van der Waals surface area contributed by atoms with Crippen LogP contribution in [0.5, 0.6) is 5.75 Å². The minimum absolute atomic E-state index is 0.311. The normalized spacial score (nSPS) is 18.5. The topological polar surface area (TPSA) is 135 Å². The van der Waals surface area contributed by atoms with E-state index in [2.05, 4.69) is 0 Å². The van der Waals surface area contributed by atoms with Crippen LogP contribution in [0, 0.1) is 0 Å². The summed E-state index contributed by atoms with van der Waals surface area (Å²) in [6.07, 6.45) is 2.68. The first kappa shape index (κ1) is 18.7. The second-order valence-electron chi connectivity index (χ2n) is 6.53.